The third kappa shape index (κ3) is 2.94. The summed E-state index contributed by atoms with van der Waals surface area (Å²) in [6.07, 6.45) is 5.68. The van der Waals surface area contributed by atoms with Gasteiger partial charge in [0.15, 0.2) is 0 Å². The van der Waals surface area contributed by atoms with E-state index in [0.717, 1.165) is 31.4 Å². The molecule has 5 heteroatoms. The molecule has 1 N–H and O–H groups in total. The third-order valence-corrected chi connectivity index (χ3v) is 5.12. The Hall–Kier alpha value is -1.07. The van der Waals surface area contributed by atoms with Crippen LogP contribution in [0.5, 0.6) is 0 Å². The zero-order valence-corrected chi connectivity index (χ0v) is 13.7. The van der Waals surface area contributed by atoms with Crippen LogP contribution in [-0.2, 0) is 13.6 Å². The van der Waals surface area contributed by atoms with Crippen LogP contribution in [0.2, 0.25) is 0 Å². The van der Waals surface area contributed by atoms with Crippen LogP contribution >= 0.6 is 0 Å². The van der Waals surface area contributed by atoms with Crippen molar-refractivity contribution in [3.8, 4) is 0 Å². The summed E-state index contributed by atoms with van der Waals surface area (Å²) in [5, 5.41) is 7.90. The summed E-state index contributed by atoms with van der Waals surface area (Å²) in [7, 11) is 4.08. The van der Waals surface area contributed by atoms with Crippen LogP contribution < -0.4 is 10.2 Å². The SMILES string of the molecule is CNCc1c(C)nn(C)c1N1CCN(C2CCCC2)CC1. The van der Waals surface area contributed by atoms with Gasteiger partial charge in [0.2, 0.25) is 0 Å². The van der Waals surface area contributed by atoms with Crippen molar-refractivity contribution in [1.82, 2.24) is 20.0 Å². The molecule has 21 heavy (non-hydrogen) atoms. The van der Waals surface area contributed by atoms with Gasteiger partial charge in [-0.05, 0) is 26.8 Å². The second-order valence-electron chi connectivity index (χ2n) is 6.50. The van der Waals surface area contributed by atoms with Gasteiger partial charge in [-0.15, -0.1) is 0 Å². The van der Waals surface area contributed by atoms with E-state index in [2.05, 4.69) is 38.9 Å². The summed E-state index contributed by atoms with van der Waals surface area (Å²) >= 11 is 0. The lowest BCUT2D eigenvalue weighted by molar-refractivity contribution is 0.187. The Bertz CT molecular complexity index is 467. The molecule has 0 atom stereocenters. The summed E-state index contributed by atoms with van der Waals surface area (Å²) in [5.41, 5.74) is 2.51. The monoisotopic (exact) mass is 291 g/mol. The number of aromatic nitrogens is 2. The molecule has 5 nitrogen and oxygen atoms in total. The molecule has 0 unspecified atom stereocenters. The highest BCUT2D eigenvalue weighted by Gasteiger charge is 2.28. The van der Waals surface area contributed by atoms with Gasteiger partial charge < -0.3 is 10.2 Å². The zero-order valence-electron chi connectivity index (χ0n) is 13.7. The van der Waals surface area contributed by atoms with Gasteiger partial charge in [0.1, 0.15) is 5.82 Å². The molecule has 1 aliphatic carbocycles. The van der Waals surface area contributed by atoms with Crippen molar-refractivity contribution >= 4 is 5.82 Å². The molecule has 0 spiro atoms. The Morgan fingerprint density at radius 2 is 1.81 bits per heavy atom. The molecule has 1 aliphatic heterocycles. The number of piperazine rings is 1. The first-order valence-electron chi connectivity index (χ1n) is 8.36. The van der Waals surface area contributed by atoms with Crippen molar-refractivity contribution in [3.05, 3.63) is 11.3 Å². The largest absolute Gasteiger partial charge is 0.354 e. The van der Waals surface area contributed by atoms with Crippen LogP contribution in [0.4, 0.5) is 5.82 Å². The summed E-state index contributed by atoms with van der Waals surface area (Å²) in [4.78, 5) is 5.24. The second-order valence-corrected chi connectivity index (χ2v) is 6.50. The molecule has 1 aromatic heterocycles. The van der Waals surface area contributed by atoms with Crippen LogP contribution in [-0.4, -0.2) is 53.9 Å². The molecule has 2 aliphatic rings. The van der Waals surface area contributed by atoms with E-state index in [1.54, 1.807) is 0 Å². The van der Waals surface area contributed by atoms with E-state index in [-0.39, 0.29) is 0 Å². The van der Waals surface area contributed by atoms with E-state index >= 15 is 0 Å². The Labute approximate surface area is 128 Å². The molecular weight excluding hydrogens is 262 g/mol. The first-order valence-corrected chi connectivity index (χ1v) is 8.36. The van der Waals surface area contributed by atoms with E-state index in [9.17, 15) is 0 Å². The number of rotatable bonds is 4. The molecule has 0 radical (unpaired) electrons. The maximum absolute atomic E-state index is 4.62. The van der Waals surface area contributed by atoms with Crippen molar-refractivity contribution in [3.63, 3.8) is 0 Å². The highest BCUT2D eigenvalue weighted by molar-refractivity contribution is 5.50. The average Bonchev–Trinajstić information content (AvgIpc) is 3.09. The lowest BCUT2D eigenvalue weighted by Gasteiger charge is -2.39. The summed E-state index contributed by atoms with van der Waals surface area (Å²) < 4.78 is 2.06. The molecule has 1 saturated carbocycles. The van der Waals surface area contributed by atoms with Crippen LogP contribution in [0.25, 0.3) is 0 Å². The Morgan fingerprint density at radius 1 is 1.14 bits per heavy atom. The van der Waals surface area contributed by atoms with E-state index in [0.29, 0.717) is 0 Å². The van der Waals surface area contributed by atoms with Crippen LogP contribution in [0.3, 0.4) is 0 Å². The first-order chi connectivity index (χ1) is 10.2. The summed E-state index contributed by atoms with van der Waals surface area (Å²) in [6, 6.07) is 0.859. The molecule has 1 saturated heterocycles. The van der Waals surface area contributed by atoms with Crippen LogP contribution in [0.15, 0.2) is 0 Å². The second kappa shape index (κ2) is 6.36. The normalized spacial score (nSPS) is 21.4. The minimum absolute atomic E-state index is 0.859. The van der Waals surface area contributed by atoms with Crippen molar-refractivity contribution < 1.29 is 0 Å². The smallest absolute Gasteiger partial charge is 0.131 e. The molecule has 0 amide bonds. The molecule has 0 aromatic carbocycles. The summed E-state index contributed by atoms with van der Waals surface area (Å²) in [5.74, 6) is 1.31. The van der Waals surface area contributed by atoms with Crippen molar-refractivity contribution in [2.45, 2.75) is 45.2 Å². The van der Waals surface area contributed by atoms with Gasteiger partial charge in [-0.2, -0.15) is 5.10 Å². The van der Waals surface area contributed by atoms with E-state index in [1.807, 2.05) is 7.05 Å². The fourth-order valence-corrected chi connectivity index (χ4v) is 4.04. The van der Waals surface area contributed by atoms with E-state index in [4.69, 9.17) is 0 Å². The summed E-state index contributed by atoms with van der Waals surface area (Å²) in [6.45, 7) is 7.68. The number of aryl methyl sites for hydroxylation is 2. The number of nitrogens with zero attached hydrogens (tertiary/aromatic N) is 4. The molecule has 1 aromatic rings. The fourth-order valence-electron chi connectivity index (χ4n) is 4.04. The van der Waals surface area contributed by atoms with Gasteiger partial charge in [0.25, 0.3) is 0 Å². The first kappa shape index (κ1) is 14.9. The van der Waals surface area contributed by atoms with Crippen LogP contribution in [0.1, 0.15) is 36.9 Å². The number of nitrogens with one attached hydrogen (secondary N) is 1. The van der Waals surface area contributed by atoms with Crippen molar-refractivity contribution in [2.24, 2.45) is 7.05 Å². The quantitative estimate of drug-likeness (QED) is 0.912. The van der Waals surface area contributed by atoms with Gasteiger partial charge in [-0.3, -0.25) is 9.58 Å². The minimum Gasteiger partial charge on any atom is -0.354 e. The maximum Gasteiger partial charge on any atom is 0.131 e. The molecule has 0 bridgehead atoms. The lowest BCUT2D eigenvalue weighted by atomic mass is 10.1. The lowest BCUT2D eigenvalue weighted by Crippen LogP contribution is -2.50. The highest BCUT2D eigenvalue weighted by Crippen LogP contribution is 2.27. The van der Waals surface area contributed by atoms with Gasteiger partial charge >= 0.3 is 0 Å². The molecule has 2 fully saturated rings. The molecule has 118 valence electrons. The zero-order chi connectivity index (χ0) is 14.8. The Balaban J connectivity index is 1.69. The number of anilines is 1. The average molecular weight is 291 g/mol. The standard InChI is InChI=1S/C16H29N5/c1-13-15(12-17-2)16(19(3)18-13)21-10-8-20(9-11-21)14-6-4-5-7-14/h14,17H,4-12H2,1-3H3. The fraction of sp³-hybridized carbons (Fsp3) is 0.812. The van der Waals surface area contributed by atoms with Crippen molar-refractivity contribution in [2.75, 3.05) is 38.1 Å². The maximum atomic E-state index is 4.62. The van der Waals surface area contributed by atoms with Gasteiger partial charge in [-0.25, -0.2) is 0 Å². The van der Waals surface area contributed by atoms with Gasteiger partial charge in [0, 0.05) is 51.4 Å². The molecule has 3 rings (SSSR count). The minimum atomic E-state index is 0.859. The molecule has 2 heterocycles. The number of hydrogen-bond acceptors (Lipinski definition) is 4. The van der Waals surface area contributed by atoms with Crippen molar-refractivity contribution in [1.29, 1.82) is 0 Å². The van der Waals surface area contributed by atoms with Gasteiger partial charge in [-0.1, -0.05) is 12.8 Å². The Kier molecular flexibility index (Phi) is 4.50. The highest BCUT2D eigenvalue weighted by atomic mass is 15.4. The van der Waals surface area contributed by atoms with Crippen LogP contribution in [0, 0.1) is 6.92 Å². The van der Waals surface area contributed by atoms with Gasteiger partial charge in [0.05, 0.1) is 5.69 Å². The number of hydrogen-bond donors (Lipinski definition) is 1. The van der Waals surface area contributed by atoms with E-state index < -0.39 is 0 Å². The Morgan fingerprint density at radius 3 is 2.43 bits per heavy atom. The molecular formula is C16H29N5. The topological polar surface area (TPSA) is 36.3 Å². The van der Waals surface area contributed by atoms with E-state index in [1.165, 1.54) is 50.2 Å². The predicted molar refractivity (Wildman–Crippen MR) is 86.8 cm³/mol. The third-order valence-electron chi connectivity index (χ3n) is 5.12. The predicted octanol–water partition coefficient (Wildman–Crippen LogP) is 1.51.